The summed E-state index contributed by atoms with van der Waals surface area (Å²) in [6.07, 6.45) is 0. The van der Waals surface area contributed by atoms with Gasteiger partial charge in [0.1, 0.15) is 0 Å². The lowest BCUT2D eigenvalue weighted by Crippen LogP contribution is -2.42. The summed E-state index contributed by atoms with van der Waals surface area (Å²) >= 11 is 0. The van der Waals surface area contributed by atoms with Gasteiger partial charge in [0.2, 0.25) is 5.91 Å². The van der Waals surface area contributed by atoms with Crippen molar-refractivity contribution in [1.82, 2.24) is 10.6 Å². The first kappa shape index (κ1) is 17.8. The highest BCUT2D eigenvalue weighted by molar-refractivity contribution is 5.97. The Bertz CT molecular complexity index is 519. The van der Waals surface area contributed by atoms with E-state index in [1.807, 2.05) is 6.92 Å². The Hall–Kier alpha value is -2.28. The molecule has 122 valence electrons. The third-order valence-corrected chi connectivity index (χ3v) is 2.88. The third kappa shape index (κ3) is 5.25. The number of methoxy groups -OCH3 is 3. The fourth-order valence-electron chi connectivity index (χ4n) is 1.86. The highest BCUT2D eigenvalue weighted by Gasteiger charge is 2.12. The summed E-state index contributed by atoms with van der Waals surface area (Å²) in [6, 6.07) is 4.67. The van der Waals surface area contributed by atoms with E-state index < -0.39 is 0 Å². The lowest BCUT2D eigenvalue weighted by molar-refractivity contribution is -0.121. The highest BCUT2D eigenvalue weighted by Crippen LogP contribution is 2.27. The van der Waals surface area contributed by atoms with Gasteiger partial charge < -0.3 is 24.8 Å². The summed E-state index contributed by atoms with van der Waals surface area (Å²) in [4.78, 5) is 23.7. The minimum absolute atomic E-state index is 0.110. The van der Waals surface area contributed by atoms with Gasteiger partial charge >= 0.3 is 0 Å². The summed E-state index contributed by atoms with van der Waals surface area (Å²) in [5, 5.41) is 5.25. The lowest BCUT2D eigenvalue weighted by atomic mass is 10.2. The molecule has 2 amide bonds. The molecule has 1 unspecified atom stereocenters. The molecule has 1 aromatic rings. The van der Waals surface area contributed by atoms with Crippen LogP contribution in [0.2, 0.25) is 0 Å². The maximum atomic E-state index is 12.0. The molecule has 0 saturated heterocycles. The topological polar surface area (TPSA) is 85.9 Å². The zero-order valence-electron chi connectivity index (χ0n) is 13.3. The maximum absolute atomic E-state index is 12.0. The van der Waals surface area contributed by atoms with Gasteiger partial charge in [-0.25, -0.2) is 0 Å². The first-order chi connectivity index (χ1) is 10.5. The summed E-state index contributed by atoms with van der Waals surface area (Å²) in [6.45, 7) is 2.12. The summed E-state index contributed by atoms with van der Waals surface area (Å²) in [7, 11) is 4.56. The zero-order valence-corrected chi connectivity index (χ0v) is 13.3. The van der Waals surface area contributed by atoms with Crippen molar-refractivity contribution in [3.05, 3.63) is 23.8 Å². The van der Waals surface area contributed by atoms with Crippen LogP contribution in [0, 0.1) is 0 Å². The first-order valence-electron chi connectivity index (χ1n) is 6.80. The van der Waals surface area contributed by atoms with Crippen LogP contribution < -0.4 is 20.1 Å². The molecule has 0 saturated carbocycles. The smallest absolute Gasteiger partial charge is 0.251 e. The number of hydrogen-bond acceptors (Lipinski definition) is 5. The number of amides is 2. The second-order valence-corrected chi connectivity index (χ2v) is 4.68. The summed E-state index contributed by atoms with van der Waals surface area (Å²) in [5.41, 5.74) is 0.385. The zero-order chi connectivity index (χ0) is 16.5. The van der Waals surface area contributed by atoms with Crippen molar-refractivity contribution in [1.29, 1.82) is 0 Å². The fraction of sp³-hybridized carbons (Fsp3) is 0.467. The van der Waals surface area contributed by atoms with Gasteiger partial charge in [-0.05, 0) is 25.1 Å². The van der Waals surface area contributed by atoms with Crippen LogP contribution >= 0.6 is 0 Å². The average molecular weight is 310 g/mol. The maximum Gasteiger partial charge on any atom is 0.251 e. The SMILES string of the molecule is COCC(C)NC(=O)CNC(=O)c1ccc(OC)c(OC)c1. The average Bonchev–Trinajstić information content (AvgIpc) is 2.52. The Morgan fingerprint density at radius 2 is 1.82 bits per heavy atom. The van der Waals surface area contributed by atoms with Crippen molar-refractivity contribution in [2.75, 3.05) is 34.5 Å². The Kier molecular flexibility index (Phi) is 7.18. The van der Waals surface area contributed by atoms with Gasteiger partial charge in [-0.15, -0.1) is 0 Å². The summed E-state index contributed by atoms with van der Waals surface area (Å²) < 4.78 is 15.2. The molecule has 2 N–H and O–H groups in total. The normalized spacial score (nSPS) is 11.5. The van der Waals surface area contributed by atoms with E-state index in [9.17, 15) is 9.59 Å². The van der Waals surface area contributed by atoms with Crippen LogP contribution in [0.1, 0.15) is 17.3 Å². The predicted molar refractivity (Wildman–Crippen MR) is 81.4 cm³/mol. The van der Waals surface area contributed by atoms with E-state index in [4.69, 9.17) is 14.2 Å². The van der Waals surface area contributed by atoms with E-state index in [-0.39, 0.29) is 24.4 Å². The van der Waals surface area contributed by atoms with E-state index in [0.29, 0.717) is 23.7 Å². The molecule has 0 bridgehead atoms. The molecular formula is C15H22N2O5. The van der Waals surface area contributed by atoms with E-state index >= 15 is 0 Å². The van der Waals surface area contributed by atoms with Gasteiger partial charge in [0, 0.05) is 18.7 Å². The minimum Gasteiger partial charge on any atom is -0.493 e. The van der Waals surface area contributed by atoms with E-state index in [2.05, 4.69) is 10.6 Å². The number of hydrogen-bond donors (Lipinski definition) is 2. The summed E-state index contributed by atoms with van der Waals surface area (Å²) in [5.74, 6) is 0.340. The van der Waals surface area contributed by atoms with Crippen LogP contribution in [0.3, 0.4) is 0 Å². The van der Waals surface area contributed by atoms with Crippen molar-refractivity contribution < 1.29 is 23.8 Å². The number of rotatable bonds is 8. The van der Waals surface area contributed by atoms with Gasteiger partial charge in [0.05, 0.1) is 27.4 Å². The van der Waals surface area contributed by atoms with Crippen LogP contribution in [0.25, 0.3) is 0 Å². The monoisotopic (exact) mass is 310 g/mol. The van der Waals surface area contributed by atoms with Crippen molar-refractivity contribution in [2.45, 2.75) is 13.0 Å². The number of ether oxygens (including phenoxy) is 3. The molecule has 7 nitrogen and oxygen atoms in total. The van der Waals surface area contributed by atoms with E-state index in [1.165, 1.54) is 14.2 Å². The molecule has 1 rings (SSSR count). The second-order valence-electron chi connectivity index (χ2n) is 4.68. The number of benzene rings is 1. The Morgan fingerprint density at radius 1 is 1.14 bits per heavy atom. The third-order valence-electron chi connectivity index (χ3n) is 2.88. The molecule has 0 aliphatic carbocycles. The standard InChI is InChI=1S/C15H22N2O5/c1-10(9-20-2)17-14(18)8-16-15(19)11-5-6-12(21-3)13(7-11)22-4/h5-7,10H,8-9H2,1-4H3,(H,16,19)(H,17,18). The molecule has 0 aromatic heterocycles. The van der Waals surface area contributed by atoms with Gasteiger partial charge in [-0.3, -0.25) is 9.59 Å². The Labute approximate surface area is 129 Å². The van der Waals surface area contributed by atoms with Crippen LogP contribution in [-0.2, 0) is 9.53 Å². The second kappa shape index (κ2) is 8.89. The van der Waals surface area contributed by atoms with Crippen molar-refractivity contribution >= 4 is 11.8 Å². The molecule has 0 aliphatic heterocycles. The molecule has 22 heavy (non-hydrogen) atoms. The molecule has 0 spiro atoms. The van der Waals surface area contributed by atoms with Gasteiger partial charge in [-0.2, -0.15) is 0 Å². The van der Waals surface area contributed by atoms with Crippen molar-refractivity contribution in [2.24, 2.45) is 0 Å². The largest absolute Gasteiger partial charge is 0.493 e. The Morgan fingerprint density at radius 3 is 2.41 bits per heavy atom. The number of carbonyl (C=O) groups excluding carboxylic acids is 2. The first-order valence-corrected chi connectivity index (χ1v) is 6.80. The highest BCUT2D eigenvalue weighted by atomic mass is 16.5. The predicted octanol–water partition coefficient (Wildman–Crippen LogP) is 0.585. The fourth-order valence-corrected chi connectivity index (χ4v) is 1.86. The van der Waals surface area contributed by atoms with Gasteiger partial charge in [0.25, 0.3) is 5.91 Å². The van der Waals surface area contributed by atoms with Crippen LogP contribution in [0.5, 0.6) is 11.5 Å². The quantitative estimate of drug-likeness (QED) is 0.734. The van der Waals surface area contributed by atoms with Crippen LogP contribution in [0.4, 0.5) is 0 Å². The van der Waals surface area contributed by atoms with E-state index in [0.717, 1.165) is 0 Å². The number of carbonyl (C=O) groups is 2. The molecular weight excluding hydrogens is 288 g/mol. The molecule has 7 heteroatoms. The molecule has 0 fully saturated rings. The minimum atomic E-state index is -0.365. The van der Waals surface area contributed by atoms with E-state index in [1.54, 1.807) is 25.3 Å². The van der Waals surface area contributed by atoms with Gasteiger partial charge in [0.15, 0.2) is 11.5 Å². The molecule has 0 heterocycles. The van der Waals surface area contributed by atoms with Crippen molar-refractivity contribution in [3.8, 4) is 11.5 Å². The molecule has 0 aliphatic rings. The van der Waals surface area contributed by atoms with Gasteiger partial charge in [-0.1, -0.05) is 0 Å². The Balaban J connectivity index is 2.57. The molecule has 0 radical (unpaired) electrons. The molecule has 1 atom stereocenters. The number of nitrogens with one attached hydrogen (secondary N) is 2. The van der Waals surface area contributed by atoms with Crippen LogP contribution in [0.15, 0.2) is 18.2 Å². The van der Waals surface area contributed by atoms with Crippen LogP contribution in [-0.4, -0.2) is 52.3 Å². The lowest BCUT2D eigenvalue weighted by Gasteiger charge is -2.13. The van der Waals surface area contributed by atoms with Crippen molar-refractivity contribution in [3.63, 3.8) is 0 Å². The molecule has 1 aromatic carbocycles.